The lowest BCUT2D eigenvalue weighted by Crippen LogP contribution is -2.14. The highest BCUT2D eigenvalue weighted by atomic mass is 79.9. The minimum atomic E-state index is -3.81. The number of anilines is 1. The lowest BCUT2D eigenvalue weighted by atomic mass is 10.2. The van der Waals surface area contributed by atoms with Gasteiger partial charge in [-0.1, -0.05) is 27.5 Å². The van der Waals surface area contributed by atoms with E-state index in [0.29, 0.717) is 11.3 Å². The molecule has 7 heteroatoms. The molecule has 0 amide bonds. The average Bonchev–Trinajstić information content (AvgIpc) is 2.41. The third-order valence-corrected chi connectivity index (χ3v) is 5.12. The summed E-state index contributed by atoms with van der Waals surface area (Å²) in [6.45, 7) is 1.79. The summed E-state index contributed by atoms with van der Waals surface area (Å²) in [5.74, 6) is 0. The summed E-state index contributed by atoms with van der Waals surface area (Å²) in [5, 5.41) is 8.79. The van der Waals surface area contributed by atoms with Gasteiger partial charge in [0.2, 0.25) is 0 Å². The van der Waals surface area contributed by atoms with Crippen LogP contribution in [0.25, 0.3) is 0 Å². The Morgan fingerprint density at radius 2 is 1.95 bits per heavy atom. The topological polar surface area (TPSA) is 70.0 Å². The predicted molar refractivity (Wildman–Crippen MR) is 85.9 cm³/mol. The largest absolute Gasteiger partial charge is 0.279 e. The monoisotopic (exact) mass is 384 g/mol. The highest BCUT2D eigenvalue weighted by Crippen LogP contribution is 2.27. The van der Waals surface area contributed by atoms with Crippen molar-refractivity contribution in [3.8, 4) is 6.07 Å². The molecular weight excluding hydrogens is 376 g/mol. The van der Waals surface area contributed by atoms with Crippen molar-refractivity contribution in [2.45, 2.75) is 11.8 Å². The number of rotatable bonds is 3. The normalized spacial score (nSPS) is 11.0. The van der Waals surface area contributed by atoms with Gasteiger partial charge in [-0.15, -0.1) is 0 Å². The molecule has 0 bridgehead atoms. The molecule has 0 radical (unpaired) electrons. The van der Waals surface area contributed by atoms with Gasteiger partial charge in [-0.25, -0.2) is 8.42 Å². The molecule has 0 aliphatic heterocycles. The number of hydrogen-bond donors (Lipinski definition) is 1. The van der Waals surface area contributed by atoms with Gasteiger partial charge in [0.1, 0.15) is 4.90 Å². The maximum Gasteiger partial charge on any atom is 0.263 e. The standard InChI is InChI=1S/C14H10BrClN2O2S/c1-9-6-11(15)3-4-13(9)18-21(19,20)14-5-2-10(8-17)7-12(14)16/h2-7,18H,1H3. The van der Waals surface area contributed by atoms with Crippen molar-refractivity contribution in [1.82, 2.24) is 0 Å². The maximum atomic E-state index is 12.4. The van der Waals surface area contributed by atoms with Crippen LogP contribution < -0.4 is 4.72 Å². The molecule has 4 nitrogen and oxygen atoms in total. The van der Waals surface area contributed by atoms with Gasteiger partial charge in [0.25, 0.3) is 10.0 Å². The first kappa shape index (κ1) is 15.8. The Morgan fingerprint density at radius 1 is 1.24 bits per heavy atom. The number of hydrogen-bond acceptors (Lipinski definition) is 3. The van der Waals surface area contributed by atoms with Gasteiger partial charge in [0, 0.05) is 4.47 Å². The first-order chi connectivity index (χ1) is 9.83. The smallest absolute Gasteiger partial charge is 0.263 e. The summed E-state index contributed by atoms with van der Waals surface area (Å²) in [6, 6.07) is 11.2. The van der Waals surface area contributed by atoms with Gasteiger partial charge in [-0.05, 0) is 48.9 Å². The number of sulfonamides is 1. The molecule has 0 atom stereocenters. The third-order valence-electron chi connectivity index (χ3n) is 2.78. The Labute approximate surface area is 136 Å². The van der Waals surface area contributed by atoms with Crippen molar-refractivity contribution >= 4 is 43.2 Å². The second kappa shape index (κ2) is 6.06. The molecular formula is C14H10BrClN2O2S. The zero-order chi connectivity index (χ0) is 15.6. The second-order valence-electron chi connectivity index (χ2n) is 4.32. The summed E-state index contributed by atoms with van der Waals surface area (Å²) < 4.78 is 28.1. The Morgan fingerprint density at radius 3 is 2.52 bits per heavy atom. The molecule has 0 aromatic heterocycles. The van der Waals surface area contributed by atoms with Crippen LogP contribution >= 0.6 is 27.5 Å². The maximum absolute atomic E-state index is 12.4. The molecule has 21 heavy (non-hydrogen) atoms. The van der Waals surface area contributed by atoms with Gasteiger partial charge in [0.15, 0.2) is 0 Å². The van der Waals surface area contributed by atoms with Crippen molar-refractivity contribution in [2.75, 3.05) is 4.72 Å². The van der Waals surface area contributed by atoms with Crippen LogP contribution in [0.15, 0.2) is 45.8 Å². The molecule has 0 aliphatic carbocycles. The van der Waals surface area contributed by atoms with Crippen LogP contribution in [0.4, 0.5) is 5.69 Å². The minimum Gasteiger partial charge on any atom is -0.279 e. The summed E-state index contributed by atoms with van der Waals surface area (Å²) in [4.78, 5) is -0.0644. The quantitative estimate of drug-likeness (QED) is 0.865. The molecule has 2 aromatic carbocycles. The highest BCUT2D eigenvalue weighted by molar-refractivity contribution is 9.10. The van der Waals surface area contributed by atoms with Crippen molar-refractivity contribution in [2.24, 2.45) is 0 Å². The first-order valence-corrected chi connectivity index (χ1v) is 8.47. The van der Waals surface area contributed by atoms with E-state index in [4.69, 9.17) is 16.9 Å². The molecule has 1 N–H and O–H groups in total. The van der Waals surface area contributed by atoms with E-state index in [1.807, 2.05) is 6.07 Å². The number of nitrogens with one attached hydrogen (secondary N) is 1. The number of nitriles is 1. The number of benzene rings is 2. The van der Waals surface area contributed by atoms with E-state index >= 15 is 0 Å². The van der Waals surface area contributed by atoms with Gasteiger partial charge in [-0.2, -0.15) is 5.26 Å². The van der Waals surface area contributed by atoms with Crippen LogP contribution in [0, 0.1) is 18.3 Å². The van der Waals surface area contributed by atoms with Gasteiger partial charge in [0.05, 0.1) is 22.3 Å². The molecule has 108 valence electrons. The molecule has 2 rings (SSSR count). The van der Waals surface area contributed by atoms with Crippen molar-refractivity contribution in [1.29, 1.82) is 5.26 Å². The molecule has 0 heterocycles. The van der Waals surface area contributed by atoms with E-state index in [-0.39, 0.29) is 9.92 Å². The van der Waals surface area contributed by atoms with Gasteiger partial charge >= 0.3 is 0 Å². The molecule has 0 fully saturated rings. The molecule has 0 spiro atoms. The Kier molecular flexibility index (Phi) is 4.57. The zero-order valence-corrected chi connectivity index (χ0v) is 14.1. The fourth-order valence-electron chi connectivity index (χ4n) is 1.73. The summed E-state index contributed by atoms with van der Waals surface area (Å²) in [7, 11) is -3.81. The fourth-order valence-corrected chi connectivity index (χ4v) is 3.88. The van der Waals surface area contributed by atoms with Crippen LogP contribution in [0.3, 0.4) is 0 Å². The van der Waals surface area contributed by atoms with Gasteiger partial charge in [-0.3, -0.25) is 4.72 Å². The Hall–Kier alpha value is -1.55. The summed E-state index contributed by atoms with van der Waals surface area (Å²) in [6.07, 6.45) is 0. The Balaban J connectivity index is 2.41. The van der Waals surface area contributed by atoms with Crippen LogP contribution in [0.5, 0.6) is 0 Å². The number of nitrogens with zero attached hydrogens (tertiary/aromatic N) is 1. The van der Waals surface area contributed by atoms with E-state index in [9.17, 15) is 8.42 Å². The highest BCUT2D eigenvalue weighted by Gasteiger charge is 2.19. The van der Waals surface area contributed by atoms with Gasteiger partial charge < -0.3 is 0 Å². The lowest BCUT2D eigenvalue weighted by Gasteiger charge is -2.12. The first-order valence-electron chi connectivity index (χ1n) is 5.82. The van der Waals surface area contributed by atoms with Crippen LogP contribution in [-0.4, -0.2) is 8.42 Å². The SMILES string of the molecule is Cc1cc(Br)ccc1NS(=O)(=O)c1ccc(C#N)cc1Cl. The molecule has 0 saturated carbocycles. The van der Waals surface area contributed by atoms with E-state index < -0.39 is 10.0 Å². The average molecular weight is 386 g/mol. The fraction of sp³-hybridized carbons (Fsp3) is 0.0714. The van der Waals surface area contributed by atoms with Crippen LogP contribution in [0.1, 0.15) is 11.1 Å². The van der Waals surface area contributed by atoms with Crippen molar-refractivity contribution in [3.05, 3.63) is 57.0 Å². The van der Waals surface area contributed by atoms with Crippen molar-refractivity contribution in [3.63, 3.8) is 0 Å². The molecule has 2 aromatic rings. The molecule has 0 saturated heterocycles. The lowest BCUT2D eigenvalue weighted by molar-refractivity contribution is 0.601. The van der Waals surface area contributed by atoms with E-state index in [2.05, 4.69) is 20.7 Å². The van der Waals surface area contributed by atoms with E-state index in [1.165, 1.54) is 18.2 Å². The minimum absolute atomic E-state index is 0.0105. The van der Waals surface area contributed by atoms with Crippen molar-refractivity contribution < 1.29 is 8.42 Å². The third kappa shape index (κ3) is 3.56. The van der Waals surface area contributed by atoms with E-state index in [0.717, 1.165) is 10.0 Å². The van der Waals surface area contributed by atoms with Crippen LogP contribution in [0.2, 0.25) is 5.02 Å². The molecule has 0 unspecified atom stereocenters. The summed E-state index contributed by atoms with van der Waals surface area (Å²) >= 11 is 9.27. The van der Waals surface area contributed by atoms with Crippen LogP contribution in [-0.2, 0) is 10.0 Å². The zero-order valence-electron chi connectivity index (χ0n) is 10.9. The second-order valence-corrected chi connectivity index (χ2v) is 7.30. The number of aryl methyl sites for hydroxylation is 1. The summed E-state index contributed by atoms with van der Waals surface area (Å²) in [5.41, 5.74) is 1.55. The Bertz CT molecular complexity index is 845. The molecule has 0 aliphatic rings. The number of halogens is 2. The predicted octanol–water partition coefficient (Wildman–Crippen LogP) is 4.08. The van der Waals surface area contributed by atoms with E-state index in [1.54, 1.807) is 25.1 Å².